The molecule has 5 heteroatoms. The molecule has 0 bridgehead atoms. The highest BCUT2D eigenvalue weighted by atomic mass is 16.5. The SMILES string of the molecule is COc1cccc(C(C)(C(=O)O)N(C=O)C(C)C)c1. The number of nitrogens with zero attached hydrogens (tertiary/aromatic N) is 1. The van der Waals surface area contributed by atoms with Crippen molar-refractivity contribution in [1.82, 2.24) is 4.90 Å². The maximum Gasteiger partial charge on any atom is 0.334 e. The van der Waals surface area contributed by atoms with Gasteiger partial charge in [0.2, 0.25) is 6.41 Å². The number of aliphatic carboxylic acids is 1. The zero-order valence-electron chi connectivity index (χ0n) is 11.6. The van der Waals surface area contributed by atoms with Gasteiger partial charge in [-0.2, -0.15) is 0 Å². The van der Waals surface area contributed by atoms with E-state index in [-0.39, 0.29) is 6.04 Å². The van der Waals surface area contributed by atoms with Crippen molar-refractivity contribution < 1.29 is 19.4 Å². The summed E-state index contributed by atoms with van der Waals surface area (Å²) < 4.78 is 5.10. The summed E-state index contributed by atoms with van der Waals surface area (Å²) in [5.74, 6) is -0.527. The minimum absolute atomic E-state index is 0.232. The van der Waals surface area contributed by atoms with Crippen molar-refractivity contribution >= 4 is 12.4 Å². The number of carbonyl (C=O) groups excluding carboxylic acids is 1. The Morgan fingerprint density at radius 1 is 1.47 bits per heavy atom. The Balaban J connectivity index is 3.40. The van der Waals surface area contributed by atoms with Crippen molar-refractivity contribution in [2.24, 2.45) is 0 Å². The van der Waals surface area contributed by atoms with E-state index >= 15 is 0 Å². The Morgan fingerprint density at radius 3 is 2.53 bits per heavy atom. The van der Waals surface area contributed by atoms with E-state index in [1.165, 1.54) is 18.9 Å². The minimum atomic E-state index is -1.43. The van der Waals surface area contributed by atoms with Crippen molar-refractivity contribution in [2.75, 3.05) is 7.11 Å². The molecule has 5 nitrogen and oxygen atoms in total. The molecule has 0 saturated carbocycles. The Labute approximate surface area is 112 Å². The molecule has 0 aliphatic carbocycles. The van der Waals surface area contributed by atoms with Crippen LogP contribution >= 0.6 is 0 Å². The summed E-state index contributed by atoms with van der Waals surface area (Å²) in [6, 6.07) is 6.51. The number of benzene rings is 1. The molecule has 0 aliphatic heterocycles. The molecular formula is C14H19NO4. The number of ether oxygens (including phenoxy) is 1. The lowest BCUT2D eigenvalue weighted by Crippen LogP contribution is -2.52. The molecule has 1 aromatic rings. The van der Waals surface area contributed by atoms with E-state index in [1.54, 1.807) is 38.1 Å². The highest BCUT2D eigenvalue weighted by Crippen LogP contribution is 2.31. The number of rotatable bonds is 6. The van der Waals surface area contributed by atoms with E-state index in [1.807, 2.05) is 0 Å². The molecule has 1 amide bonds. The second kappa shape index (κ2) is 5.73. The molecule has 1 rings (SSSR count). The summed E-state index contributed by atoms with van der Waals surface area (Å²) in [5, 5.41) is 9.56. The maximum atomic E-state index is 11.7. The van der Waals surface area contributed by atoms with Gasteiger partial charge < -0.3 is 14.7 Å². The quantitative estimate of drug-likeness (QED) is 0.797. The Hall–Kier alpha value is -2.04. The molecule has 19 heavy (non-hydrogen) atoms. The van der Waals surface area contributed by atoms with E-state index in [4.69, 9.17) is 4.74 Å². The normalized spacial score (nSPS) is 13.7. The second-order valence-electron chi connectivity index (χ2n) is 4.72. The number of carbonyl (C=O) groups is 2. The van der Waals surface area contributed by atoms with E-state index in [0.29, 0.717) is 17.7 Å². The Kier molecular flexibility index (Phi) is 4.53. The van der Waals surface area contributed by atoms with Crippen LogP contribution in [0, 0.1) is 0 Å². The molecule has 0 radical (unpaired) electrons. The van der Waals surface area contributed by atoms with Gasteiger partial charge in [0.05, 0.1) is 7.11 Å². The summed E-state index contributed by atoms with van der Waals surface area (Å²) >= 11 is 0. The van der Waals surface area contributed by atoms with E-state index in [2.05, 4.69) is 0 Å². The van der Waals surface area contributed by atoms with Crippen LogP contribution in [0.3, 0.4) is 0 Å². The Morgan fingerprint density at radius 2 is 2.11 bits per heavy atom. The van der Waals surface area contributed by atoms with Crippen LogP contribution in [0.15, 0.2) is 24.3 Å². The van der Waals surface area contributed by atoms with Gasteiger partial charge in [-0.3, -0.25) is 4.79 Å². The number of methoxy groups -OCH3 is 1. The lowest BCUT2D eigenvalue weighted by Gasteiger charge is -2.38. The number of hydrogen-bond acceptors (Lipinski definition) is 3. The monoisotopic (exact) mass is 265 g/mol. The van der Waals surface area contributed by atoms with Crippen molar-refractivity contribution in [3.8, 4) is 5.75 Å². The smallest absolute Gasteiger partial charge is 0.334 e. The minimum Gasteiger partial charge on any atom is -0.497 e. The first-order valence-electron chi connectivity index (χ1n) is 5.99. The molecular weight excluding hydrogens is 246 g/mol. The van der Waals surface area contributed by atoms with Crippen LogP contribution in [-0.4, -0.2) is 35.5 Å². The van der Waals surface area contributed by atoms with Crippen molar-refractivity contribution in [1.29, 1.82) is 0 Å². The largest absolute Gasteiger partial charge is 0.497 e. The van der Waals surface area contributed by atoms with Gasteiger partial charge in [0, 0.05) is 6.04 Å². The lowest BCUT2D eigenvalue weighted by molar-refractivity contribution is -0.156. The van der Waals surface area contributed by atoms with Crippen LogP contribution in [0.1, 0.15) is 26.3 Å². The summed E-state index contributed by atoms with van der Waals surface area (Å²) in [6.45, 7) is 5.06. The first-order valence-corrected chi connectivity index (χ1v) is 5.99. The van der Waals surface area contributed by atoms with Gasteiger partial charge in [-0.1, -0.05) is 12.1 Å². The molecule has 1 atom stereocenters. The van der Waals surface area contributed by atoms with E-state index in [9.17, 15) is 14.7 Å². The van der Waals surface area contributed by atoms with Gasteiger partial charge in [-0.15, -0.1) is 0 Å². The highest BCUT2D eigenvalue weighted by molar-refractivity contribution is 5.83. The number of carboxylic acid groups (broad SMARTS) is 1. The lowest BCUT2D eigenvalue weighted by atomic mass is 9.89. The highest BCUT2D eigenvalue weighted by Gasteiger charge is 2.42. The molecule has 0 saturated heterocycles. The fourth-order valence-electron chi connectivity index (χ4n) is 2.05. The van der Waals surface area contributed by atoms with Gasteiger partial charge in [-0.25, -0.2) is 4.79 Å². The first-order chi connectivity index (χ1) is 8.87. The number of amides is 1. The summed E-state index contributed by atoms with van der Waals surface area (Å²) in [6.07, 6.45) is 0.568. The fraction of sp³-hybridized carbons (Fsp3) is 0.429. The van der Waals surface area contributed by atoms with Crippen LogP contribution in [0.4, 0.5) is 0 Å². The average molecular weight is 265 g/mol. The van der Waals surface area contributed by atoms with Crippen molar-refractivity contribution in [2.45, 2.75) is 32.4 Å². The van der Waals surface area contributed by atoms with E-state index < -0.39 is 11.5 Å². The third-order valence-electron chi connectivity index (χ3n) is 3.23. The molecule has 0 spiro atoms. The van der Waals surface area contributed by atoms with Crippen molar-refractivity contribution in [3.05, 3.63) is 29.8 Å². The summed E-state index contributed by atoms with van der Waals surface area (Å²) in [5.41, 5.74) is -0.926. The predicted molar refractivity (Wildman–Crippen MR) is 71.0 cm³/mol. The van der Waals surface area contributed by atoms with Gasteiger partial charge in [0.15, 0.2) is 5.54 Å². The van der Waals surface area contributed by atoms with Gasteiger partial charge in [0.25, 0.3) is 0 Å². The van der Waals surface area contributed by atoms with Gasteiger partial charge >= 0.3 is 5.97 Å². The standard InChI is InChI=1S/C14H19NO4/c1-10(2)15(9-16)14(3,13(17)18)11-6-5-7-12(8-11)19-4/h5-10H,1-4H3,(H,17,18). The third-order valence-corrected chi connectivity index (χ3v) is 3.23. The van der Waals surface area contributed by atoms with Gasteiger partial charge in [0.1, 0.15) is 5.75 Å². The zero-order chi connectivity index (χ0) is 14.6. The fourth-order valence-corrected chi connectivity index (χ4v) is 2.05. The predicted octanol–water partition coefficient (Wildman–Crippen LogP) is 1.86. The second-order valence-corrected chi connectivity index (χ2v) is 4.72. The van der Waals surface area contributed by atoms with Crippen LogP contribution in [0.2, 0.25) is 0 Å². The topological polar surface area (TPSA) is 66.8 Å². The van der Waals surface area contributed by atoms with Gasteiger partial charge in [-0.05, 0) is 38.5 Å². The summed E-state index contributed by atoms with van der Waals surface area (Å²) in [7, 11) is 1.51. The number of hydrogen-bond donors (Lipinski definition) is 1. The molecule has 0 heterocycles. The molecule has 0 aromatic heterocycles. The first kappa shape index (κ1) is 15.0. The zero-order valence-corrected chi connectivity index (χ0v) is 11.6. The molecule has 1 aromatic carbocycles. The van der Waals surface area contributed by atoms with Crippen LogP contribution in [0.25, 0.3) is 0 Å². The average Bonchev–Trinajstić information content (AvgIpc) is 2.38. The summed E-state index contributed by atoms with van der Waals surface area (Å²) in [4.78, 5) is 24.2. The molecule has 1 N–H and O–H groups in total. The number of carboxylic acids is 1. The van der Waals surface area contributed by atoms with Crippen LogP contribution < -0.4 is 4.74 Å². The molecule has 0 aliphatic rings. The van der Waals surface area contributed by atoms with E-state index in [0.717, 1.165) is 0 Å². The van der Waals surface area contributed by atoms with Crippen LogP contribution in [-0.2, 0) is 15.1 Å². The molecule has 1 unspecified atom stereocenters. The van der Waals surface area contributed by atoms with Crippen LogP contribution in [0.5, 0.6) is 5.75 Å². The maximum absolute atomic E-state index is 11.7. The van der Waals surface area contributed by atoms with Crippen molar-refractivity contribution in [3.63, 3.8) is 0 Å². The third kappa shape index (κ3) is 2.70. The molecule has 104 valence electrons. The molecule has 0 fully saturated rings. The Bertz CT molecular complexity index is 472.